The Morgan fingerprint density at radius 3 is 1.95 bits per heavy atom. The molecular weight excluding hydrogens is 482 g/mol. The fourth-order valence-corrected chi connectivity index (χ4v) is 3.58. The van der Waals surface area contributed by atoms with Crippen molar-refractivity contribution in [3.05, 3.63) is 35.9 Å². The molecule has 0 aliphatic rings. The van der Waals surface area contributed by atoms with E-state index < -0.39 is 66.2 Å². The Bertz CT molecular complexity index is 910. The first-order chi connectivity index (χ1) is 17.5. The molecule has 37 heavy (non-hydrogen) atoms. The van der Waals surface area contributed by atoms with Gasteiger partial charge in [-0.25, -0.2) is 4.79 Å². The number of nitrogens with one attached hydrogen (secondary N) is 3. The van der Waals surface area contributed by atoms with Crippen molar-refractivity contribution in [3.63, 3.8) is 0 Å². The zero-order valence-corrected chi connectivity index (χ0v) is 21.3. The number of hydrogen-bond acceptors (Lipinski definition) is 7. The number of aliphatic carboxylic acids is 2. The van der Waals surface area contributed by atoms with Crippen LogP contribution >= 0.6 is 0 Å². The van der Waals surface area contributed by atoms with Gasteiger partial charge in [0.1, 0.15) is 18.1 Å². The third-order valence-corrected chi connectivity index (χ3v) is 5.73. The summed E-state index contributed by atoms with van der Waals surface area (Å²) >= 11 is 0. The Hall–Kier alpha value is -3.51. The third-order valence-electron chi connectivity index (χ3n) is 5.73. The van der Waals surface area contributed by atoms with Crippen LogP contribution in [-0.2, 0) is 30.4 Å². The molecule has 3 amide bonds. The van der Waals surface area contributed by atoms with Crippen molar-refractivity contribution in [2.24, 2.45) is 17.4 Å². The topological polar surface area (TPSA) is 214 Å². The molecular formula is C25H39N5O7. The van der Waals surface area contributed by atoms with E-state index in [-0.39, 0.29) is 19.3 Å². The zero-order chi connectivity index (χ0) is 28.0. The number of carbonyl (C=O) groups is 5. The molecule has 206 valence electrons. The van der Waals surface area contributed by atoms with Gasteiger partial charge in [-0.2, -0.15) is 0 Å². The summed E-state index contributed by atoms with van der Waals surface area (Å²) in [5.74, 6) is -4.91. The number of carboxylic acid groups (broad SMARTS) is 2. The van der Waals surface area contributed by atoms with Crippen molar-refractivity contribution in [3.8, 4) is 0 Å². The summed E-state index contributed by atoms with van der Waals surface area (Å²) in [5, 5.41) is 26.0. The van der Waals surface area contributed by atoms with Gasteiger partial charge >= 0.3 is 11.9 Å². The second-order valence-corrected chi connectivity index (χ2v) is 9.20. The predicted octanol–water partition coefficient (Wildman–Crippen LogP) is -0.255. The third kappa shape index (κ3) is 11.8. The van der Waals surface area contributed by atoms with Crippen LogP contribution in [0.25, 0.3) is 0 Å². The van der Waals surface area contributed by atoms with Crippen molar-refractivity contribution < 1.29 is 34.2 Å². The van der Waals surface area contributed by atoms with Gasteiger partial charge in [0.25, 0.3) is 0 Å². The van der Waals surface area contributed by atoms with Gasteiger partial charge in [0, 0.05) is 6.42 Å². The second-order valence-electron chi connectivity index (χ2n) is 9.20. The van der Waals surface area contributed by atoms with Crippen molar-refractivity contribution in [1.82, 2.24) is 16.0 Å². The van der Waals surface area contributed by atoms with Crippen LogP contribution in [0.4, 0.5) is 0 Å². The fraction of sp³-hybridized carbons (Fsp3) is 0.560. The van der Waals surface area contributed by atoms with Crippen LogP contribution in [0.3, 0.4) is 0 Å². The molecule has 0 aliphatic heterocycles. The summed E-state index contributed by atoms with van der Waals surface area (Å²) in [7, 11) is 0. The number of hydrogen-bond donors (Lipinski definition) is 7. The Morgan fingerprint density at radius 1 is 0.838 bits per heavy atom. The molecule has 0 heterocycles. The minimum Gasteiger partial charge on any atom is -0.481 e. The highest BCUT2D eigenvalue weighted by atomic mass is 16.4. The van der Waals surface area contributed by atoms with Gasteiger partial charge in [0.15, 0.2) is 0 Å². The zero-order valence-electron chi connectivity index (χ0n) is 21.3. The van der Waals surface area contributed by atoms with E-state index in [2.05, 4.69) is 16.0 Å². The van der Waals surface area contributed by atoms with Crippen molar-refractivity contribution in [2.45, 2.75) is 76.5 Å². The number of rotatable bonds is 17. The van der Waals surface area contributed by atoms with Gasteiger partial charge in [-0.15, -0.1) is 0 Å². The molecule has 0 bridgehead atoms. The second kappa shape index (κ2) is 16.3. The average molecular weight is 522 g/mol. The number of benzene rings is 1. The number of carbonyl (C=O) groups excluding carboxylic acids is 3. The van der Waals surface area contributed by atoms with Crippen LogP contribution in [-0.4, -0.2) is 70.6 Å². The first kappa shape index (κ1) is 31.5. The highest BCUT2D eigenvalue weighted by Gasteiger charge is 2.31. The van der Waals surface area contributed by atoms with Gasteiger partial charge in [-0.3, -0.25) is 19.2 Å². The molecule has 12 nitrogen and oxygen atoms in total. The molecule has 9 N–H and O–H groups in total. The van der Waals surface area contributed by atoms with Crippen molar-refractivity contribution in [1.29, 1.82) is 0 Å². The molecule has 0 spiro atoms. The first-order valence-electron chi connectivity index (χ1n) is 12.3. The van der Waals surface area contributed by atoms with Gasteiger partial charge < -0.3 is 37.6 Å². The molecule has 1 aromatic rings. The molecule has 1 rings (SSSR count). The Balaban J connectivity index is 2.99. The summed E-state index contributed by atoms with van der Waals surface area (Å²) in [4.78, 5) is 61.4. The number of unbranched alkanes of at least 4 members (excludes halogenated alkanes) is 1. The van der Waals surface area contributed by atoms with Crippen molar-refractivity contribution in [2.75, 3.05) is 6.54 Å². The quantitative estimate of drug-likeness (QED) is 0.134. The monoisotopic (exact) mass is 521 g/mol. The first-order valence-corrected chi connectivity index (χ1v) is 12.3. The molecule has 0 aromatic heterocycles. The highest BCUT2D eigenvalue weighted by molar-refractivity contribution is 5.94. The lowest BCUT2D eigenvalue weighted by molar-refractivity contribution is -0.143. The molecule has 0 fully saturated rings. The number of carboxylic acids is 2. The lowest BCUT2D eigenvalue weighted by Crippen LogP contribution is -2.57. The average Bonchev–Trinajstić information content (AvgIpc) is 2.84. The maximum atomic E-state index is 13.1. The van der Waals surface area contributed by atoms with Gasteiger partial charge in [-0.05, 0) is 50.1 Å². The Kier molecular flexibility index (Phi) is 13.9. The van der Waals surface area contributed by atoms with E-state index in [1.54, 1.807) is 38.1 Å². The van der Waals surface area contributed by atoms with Crippen LogP contribution in [0.15, 0.2) is 30.3 Å². The highest BCUT2D eigenvalue weighted by Crippen LogP contribution is 2.08. The van der Waals surface area contributed by atoms with E-state index in [1.807, 2.05) is 6.07 Å². The smallest absolute Gasteiger partial charge is 0.326 e. The lowest BCUT2D eigenvalue weighted by Gasteiger charge is -2.26. The standard InChI is InChI=1S/C25H39N5O7/c1-15(2)21(25(36)37)30-24(35)18(10-6-7-13-26)29-23(34)19(11-12-20(31)32)28-22(33)17(27)14-16-8-4-3-5-9-16/h3-5,8-9,15,17-19,21H,6-7,10-14,26-27H2,1-2H3,(H,28,33)(H,29,34)(H,30,35)(H,31,32)(H,36,37). The molecule has 0 saturated heterocycles. The molecule has 0 aliphatic carbocycles. The van der Waals surface area contributed by atoms with E-state index in [0.29, 0.717) is 19.4 Å². The van der Waals surface area contributed by atoms with Gasteiger partial charge in [0.2, 0.25) is 17.7 Å². The maximum absolute atomic E-state index is 13.1. The predicted molar refractivity (Wildman–Crippen MR) is 136 cm³/mol. The minimum absolute atomic E-state index is 0.173. The van der Waals surface area contributed by atoms with E-state index in [0.717, 1.165) is 5.56 Å². The summed E-state index contributed by atoms with van der Waals surface area (Å²) in [6.45, 7) is 3.64. The number of amides is 3. The molecule has 0 saturated carbocycles. The van der Waals surface area contributed by atoms with Gasteiger partial charge in [0.05, 0.1) is 6.04 Å². The summed E-state index contributed by atoms with van der Waals surface area (Å²) in [5.41, 5.74) is 12.3. The largest absolute Gasteiger partial charge is 0.481 e. The summed E-state index contributed by atoms with van der Waals surface area (Å²) in [6.07, 6.45) is 0.779. The van der Waals surface area contributed by atoms with E-state index >= 15 is 0 Å². The van der Waals surface area contributed by atoms with Crippen molar-refractivity contribution >= 4 is 29.7 Å². The van der Waals surface area contributed by atoms with E-state index in [4.69, 9.17) is 16.6 Å². The summed E-state index contributed by atoms with van der Waals surface area (Å²) < 4.78 is 0. The van der Waals surface area contributed by atoms with Crippen LogP contribution in [0.2, 0.25) is 0 Å². The van der Waals surface area contributed by atoms with Crippen LogP contribution < -0.4 is 27.4 Å². The maximum Gasteiger partial charge on any atom is 0.326 e. The molecule has 4 unspecified atom stereocenters. The van der Waals surface area contributed by atoms with Gasteiger partial charge in [-0.1, -0.05) is 44.2 Å². The summed E-state index contributed by atoms with van der Waals surface area (Å²) in [6, 6.07) is 4.48. The Labute approximate surface area is 216 Å². The fourth-order valence-electron chi connectivity index (χ4n) is 3.58. The normalized spacial score (nSPS) is 14.2. The molecule has 12 heteroatoms. The molecule has 4 atom stereocenters. The molecule has 0 radical (unpaired) electrons. The van der Waals surface area contributed by atoms with Crippen LogP contribution in [0.1, 0.15) is 51.5 Å². The van der Waals surface area contributed by atoms with Crippen LogP contribution in [0, 0.1) is 5.92 Å². The SMILES string of the molecule is CC(C)C(NC(=O)C(CCCCN)NC(=O)C(CCC(=O)O)NC(=O)C(N)Cc1ccccc1)C(=O)O. The number of nitrogens with two attached hydrogens (primary N) is 2. The lowest BCUT2D eigenvalue weighted by atomic mass is 10.0. The Morgan fingerprint density at radius 2 is 1.41 bits per heavy atom. The van der Waals surface area contributed by atoms with E-state index in [9.17, 15) is 29.1 Å². The molecule has 1 aromatic carbocycles. The van der Waals surface area contributed by atoms with Crippen LogP contribution in [0.5, 0.6) is 0 Å². The minimum atomic E-state index is -1.27. The van der Waals surface area contributed by atoms with E-state index in [1.165, 1.54) is 0 Å².